The number of hydrogen-bond donors (Lipinski definition) is 3. The van der Waals surface area contributed by atoms with Gasteiger partial charge in [-0.05, 0) is 68.3 Å². The van der Waals surface area contributed by atoms with Gasteiger partial charge in [-0.2, -0.15) is 0 Å². The van der Waals surface area contributed by atoms with Gasteiger partial charge in [-0.15, -0.1) is 0 Å². The van der Waals surface area contributed by atoms with Gasteiger partial charge in [0.15, 0.2) is 0 Å². The van der Waals surface area contributed by atoms with Crippen LogP contribution in [0.3, 0.4) is 0 Å². The van der Waals surface area contributed by atoms with Gasteiger partial charge in [0.05, 0.1) is 17.5 Å². The van der Waals surface area contributed by atoms with Gasteiger partial charge in [0, 0.05) is 17.9 Å². The number of halogens is 1. The van der Waals surface area contributed by atoms with Crippen LogP contribution in [0.4, 0.5) is 21.6 Å². The van der Waals surface area contributed by atoms with Crippen molar-refractivity contribution in [2.75, 3.05) is 10.0 Å². The Morgan fingerprint density at radius 2 is 2.00 bits per heavy atom. The van der Waals surface area contributed by atoms with Crippen LogP contribution >= 0.6 is 11.9 Å². The molecule has 1 aliphatic carbocycles. The summed E-state index contributed by atoms with van der Waals surface area (Å²) in [5.74, 6) is 0.138. The molecular weight excluding hydrogens is 365 g/mol. The van der Waals surface area contributed by atoms with Gasteiger partial charge in [-0.3, -0.25) is 9.36 Å². The molecule has 1 saturated carbocycles. The van der Waals surface area contributed by atoms with Crippen LogP contribution < -0.4 is 15.6 Å². The topological polar surface area (TPSA) is 66.3 Å². The maximum Gasteiger partial charge on any atom is 0.251 e. The molecule has 5 nitrogen and oxygen atoms in total. The van der Waals surface area contributed by atoms with Crippen molar-refractivity contribution in [2.24, 2.45) is 7.05 Å². The second kappa shape index (κ2) is 7.94. The fourth-order valence-corrected chi connectivity index (χ4v) is 4.02. The van der Waals surface area contributed by atoms with Crippen LogP contribution in [0.1, 0.15) is 38.2 Å². The van der Waals surface area contributed by atoms with Crippen LogP contribution in [-0.4, -0.2) is 20.5 Å². The van der Waals surface area contributed by atoms with Crippen molar-refractivity contribution in [3.63, 3.8) is 0 Å². The Hall–Kier alpha value is -1.99. The maximum absolute atomic E-state index is 14.3. The monoisotopic (exact) mass is 391 g/mol. The first-order chi connectivity index (χ1) is 12.8. The van der Waals surface area contributed by atoms with Crippen LogP contribution in [-0.2, 0) is 7.05 Å². The number of aryl methyl sites for hydroxylation is 1. The third kappa shape index (κ3) is 4.65. The minimum Gasteiger partial charge on any atom is -0.393 e. The highest BCUT2D eigenvalue weighted by Gasteiger charge is 2.45. The lowest BCUT2D eigenvalue weighted by molar-refractivity contribution is 0.157. The highest BCUT2D eigenvalue weighted by Crippen LogP contribution is 2.52. The first kappa shape index (κ1) is 19.8. The summed E-state index contributed by atoms with van der Waals surface area (Å²) in [4.78, 5) is 12.1. The number of nitrogens with zero attached hydrogens (tertiary/aromatic N) is 1. The molecule has 1 aromatic carbocycles. The molecule has 1 unspecified atom stereocenters. The number of nitrogens with one attached hydrogen (secondary N) is 2. The van der Waals surface area contributed by atoms with Gasteiger partial charge in [0.1, 0.15) is 11.6 Å². The number of anilines is 3. The summed E-state index contributed by atoms with van der Waals surface area (Å²) in [5, 5.41) is 13.0. The Morgan fingerprint density at radius 3 is 2.63 bits per heavy atom. The minimum atomic E-state index is -0.366. The molecule has 7 heteroatoms. The molecule has 1 aromatic heterocycles. The van der Waals surface area contributed by atoms with E-state index < -0.39 is 0 Å². The Balaban J connectivity index is 1.82. The van der Waals surface area contributed by atoms with E-state index in [1.54, 1.807) is 31.1 Å². The molecule has 1 aliphatic rings. The standard InChI is InChI=1S/C20H26FN3O2S/c1-4-14(25)12-20(9-10-20)27-23-17-7-8-18(26)24(3)19(17)22-16-6-5-13(2)11-15(16)21/h5-8,11,14,22-23,25H,4,9-10,12H2,1-3H3. The molecule has 0 radical (unpaired) electrons. The molecule has 1 heterocycles. The van der Waals surface area contributed by atoms with Crippen molar-refractivity contribution >= 4 is 29.1 Å². The van der Waals surface area contributed by atoms with E-state index in [1.807, 2.05) is 19.9 Å². The molecule has 3 N–H and O–H groups in total. The lowest BCUT2D eigenvalue weighted by Crippen LogP contribution is -2.21. The van der Waals surface area contributed by atoms with Crippen molar-refractivity contribution in [1.29, 1.82) is 0 Å². The van der Waals surface area contributed by atoms with Crippen molar-refractivity contribution in [2.45, 2.75) is 50.4 Å². The minimum absolute atomic E-state index is 0.0243. The summed E-state index contributed by atoms with van der Waals surface area (Å²) in [6, 6.07) is 8.13. The van der Waals surface area contributed by atoms with Crippen LogP contribution in [0.25, 0.3) is 0 Å². The average Bonchev–Trinajstić information content (AvgIpc) is 3.39. The van der Waals surface area contributed by atoms with E-state index in [4.69, 9.17) is 0 Å². The summed E-state index contributed by atoms with van der Waals surface area (Å²) >= 11 is 1.57. The van der Waals surface area contributed by atoms with Crippen molar-refractivity contribution in [1.82, 2.24) is 4.57 Å². The molecule has 1 fully saturated rings. The molecule has 27 heavy (non-hydrogen) atoms. The highest BCUT2D eigenvalue weighted by molar-refractivity contribution is 8.02. The largest absolute Gasteiger partial charge is 0.393 e. The van der Waals surface area contributed by atoms with Crippen molar-refractivity contribution in [3.8, 4) is 0 Å². The summed E-state index contributed by atoms with van der Waals surface area (Å²) in [6.45, 7) is 3.80. The predicted octanol–water partition coefficient (Wildman–Crippen LogP) is 4.33. The summed E-state index contributed by atoms with van der Waals surface area (Å²) in [6.07, 6.45) is 3.26. The second-order valence-electron chi connectivity index (χ2n) is 7.25. The molecule has 0 saturated heterocycles. The Bertz CT molecular complexity index is 880. The number of aliphatic hydroxyl groups excluding tert-OH is 1. The number of aliphatic hydroxyl groups is 1. The van der Waals surface area contributed by atoms with E-state index in [0.717, 1.165) is 31.2 Å². The van der Waals surface area contributed by atoms with Gasteiger partial charge in [0.25, 0.3) is 5.56 Å². The van der Waals surface area contributed by atoms with E-state index >= 15 is 0 Å². The Morgan fingerprint density at radius 1 is 1.30 bits per heavy atom. The molecule has 0 bridgehead atoms. The highest BCUT2D eigenvalue weighted by atomic mass is 32.2. The molecule has 0 spiro atoms. The summed E-state index contributed by atoms with van der Waals surface area (Å²) in [5.41, 5.74) is 1.68. The van der Waals surface area contributed by atoms with E-state index in [0.29, 0.717) is 17.2 Å². The molecule has 0 aliphatic heterocycles. The molecule has 2 aromatic rings. The molecule has 146 valence electrons. The fourth-order valence-electron chi connectivity index (χ4n) is 2.94. The van der Waals surface area contributed by atoms with Gasteiger partial charge in [-0.25, -0.2) is 4.39 Å². The molecule has 0 amide bonds. The van der Waals surface area contributed by atoms with E-state index in [2.05, 4.69) is 10.0 Å². The fraction of sp³-hybridized carbons (Fsp3) is 0.450. The smallest absolute Gasteiger partial charge is 0.251 e. The number of benzene rings is 1. The van der Waals surface area contributed by atoms with Gasteiger partial charge >= 0.3 is 0 Å². The summed E-state index contributed by atoms with van der Waals surface area (Å²) < 4.78 is 19.1. The number of hydrogen-bond acceptors (Lipinski definition) is 5. The molecule has 1 atom stereocenters. The molecular formula is C20H26FN3O2S. The maximum atomic E-state index is 14.3. The SMILES string of the molecule is CCC(O)CC1(SNc2ccc(=O)n(C)c2Nc2ccc(C)cc2F)CC1. The Kier molecular flexibility index (Phi) is 5.81. The predicted molar refractivity (Wildman–Crippen MR) is 110 cm³/mol. The number of pyridine rings is 1. The van der Waals surface area contributed by atoms with Crippen molar-refractivity contribution in [3.05, 3.63) is 52.1 Å². The van der Waals surface area contributed by atoms with E-state index in [9.17, 15) is 14.3 Å². The lowest BCUT2D eigenvalue weighted by atomic mass is 10.1. The second-order valence-corrected chi connectivity index (χ2v) is 8.53. The van der Waals surface area contributed by atoms with Crippen LogP contribution in [0, 0.1) is 12.7 Å². The normalized spacial score (nSPS) is 16.0. The van der Waals surface area contributed by atoms with E-state index in [-0.39, 0.29) is 22.2 Å². The third-order valence-electron chi connectivity index (χ3n) is 4.96. The number of rotatable bonds is 8. The first-order valence-electron chi connectivity index (χ1n) is 9.19. The zero-order valence-electron chi connectivity index (χ0n) is 15.9. The third-order valence-corrected chi connectivity index (χ3v) is 6.29. The zero-order chi connectivity index (χ0) is 19.6. The van der Waals surface area contributed by atoms with Crippen LogP contribution in [0.5, 0.6) is 0 Å². The quantitative estimate of drug-likeness (QED) is 0.585. The van der Waals surface area contributed by atoms with Gasteiger partial charge < -0.3 is 15.1 Å². The first-order valence-corrected chi connectivity index (χ1v) is 10.0. The summed E-state index contributed by atoms with van der Waals surface area (Å²) in [7, 11) is 1.65. The van der Waals surface area contributed by atoms with Crippen LogP contribution in [0.2, 0.25) is 0 Å². The Labute approximate surface area is 163 Å². The molecule has 3 rings (SSSR count). The lowest BCUT2D eigenvalue weighted by Gasteiger charge is -2.21. The zero-order valence-corrected chi connectivity index (χ0v) is 16.7. The van der Waals surface area contributed by atoms with Crippen molar-refractivity contribution < 1.29 is 9.50 Å². The van der Waals surface area contributed by atoms with Gasteiger partial charge in [0.2, 0.25) is 0 Å². The van der Waals surface area contributed by atoms with Gasteiger partial charge in [-0.1, -0.05) is 13.0 Å². The average molecular weight is 392 g/mol. The van der Waals surface area contributed by atoms with Crippen LogP contribution in [0.15, 0.2) is 35.1 Å². The number of aromatic nitrogens is 1. The van der Waals surface area contributed by atoms with E-state index in [1.165, 1.54) is 16.7 Å².